The Bertz CT molecular complexity index is 420. The lowest BCUT2D eigenvalue weighted by Crippen LogP contribution is -2.34. The van der Waals surface area contributed by atoms with Gasteiger partial charge in [-0.25, -0.2) is 0 Å². The van der Waals surface area contributed by atoms with Crippen LogP contribution in [0.5, 0.6) is 5.75 Å². The molecule has 0 aliphatic carbocycles. The van der Waals surface area contributed by atoms with Crippen molar-refractivity contribution in [2.45, 2.75) is 6.92 Å². The molecule has 92 valence electrons. The zero-order valence-corrected chi connectivity index (χ0v) is 10.5. The van der Waals surface area contributed by atoms with E-state index in [0.717, 1.165) is 5.56 Å². The van der Waals surface area contributed by atoms with Crippen LogP contribution in [0, 0.1) is 6.92 Å². The molecular weight excluding hydrogens is 242 g/mol. The average Bonchev–Trinajstić information content (AvgIpc) is 2.36. The van der Waals surface area contributed by atoms with Gasteiger partial charge in [-0.15, -0.1) is 11.6 Å². The molecule has 0 fully saturated rings. The number of alkyl halides is 1. The monoisotopic (exact) mass is 255 g/mol. The lowest BCUT2D eigenvalue weighted by molar-refractivity contribution is -0.117. The van der Waals surface area contributed by atoms with E-state index in [2.05, 4.69) is 0 Å². The van der Waals surface area contributed by atoms with Gasteiger partial charge in [0.15, 0.2) is 0 Å². The Kier molecular flexibility index (Phi) is 4.97. The topological polar surface area (TPSA) is 46.6 Å². The molecule has 0 radical (unpaired) electrons. The number of carbonyl (C=O) groups is 2. The number of rotatable bonds is 5. The Hall–Kier alpha value is -1.55. The summed E-state index contributed by atoms with van der Waals surface area (Å²) in [7, 11) is 1.54. The van der Waals surface area contributed by atoms with Gasteiger partial charge in [0.25, 0.3) is 0 Å². The summed E-state index contributed by atoms with van der Waals surface area (Å²) in [6.07, 6.45) is 0.670. The van der Waals surface area contributed by atoms with E-state index in [1.807, 2.05) is 13.0 Å². The van der Waals surface area contributed by atoms with Crippen LogP contribution in [0.1, 0.15) is 5.56 Å². The minimum atomic E-state index is -0.310. The first kappa shape index (κ1) is 13.5. The predicted molar refractivity (Wildman–Crippen MR) is 66.9 cm³/mol. The maximum atomic E-state index is 11.6. The molecule has 0 aromatic heterocycles. The molecule has 1 amide bonds. The van der Waals surface area contributed by atoms with Gasteiger partial charge in [0.1, 0.15) is 17.9 Å². The number of anilines is 1. The number of carbonyl (C=O) groups excluding carboxylic acids is 2. The molecule has 1 aromatic carbocycles. The van der Waals surface area contributed by atoms with E-state index in [1.165, 1.54) is 4.90 Å². The van der Waals surface area contributed by atoms with Crippen molar-refractivity contribution in [3.8, 4) is 5.75 Å². The van der Waals surface area contributed by atoms with E-state index < -0.39 is 0 Å². The first-order chi connectivity index (χ1) is 8.13. The highest BCUT2D eigenvalue weighted by molar-refractivity contribution is 6.29. The Labute approximate surface area is 105 Å². The predicted octanol–water partition coefficient (Wildman–Crippen LogP) is 1.77. The van der Waals surface area contributed by atoms with Crippen LogP contribution in [0.4, 0.5) is 5.69 Å². The molecule has 5 heteroatoms. The van der Waals surface area contributed by atoms with Crippen molar-refractivity contribution in [3.63, 3.8) is 0 Å². The van der Waals surface area contributed by atoms with E-state index in [9.17, 15) is 9.59 Å². The highest BCUT2D eigenvalue weighted by Gasteiger charge is 2.16. The smallest absolute Gasteiger partial charge is 0.242 e. The number of aldehydes is 1. The van der Waals surface area contributed by atoms with Crippen molar-refractivity contribution in [3.05, 3.63) is 23.8 Å². The van der Waals surface area contributed by atoms with E-state index >= 15 is 0 Å². The van der Waals surface area contributed by atoms with Gasteiger partial charge in [0.2, 0.25) is 5.91 Å². The summed E-state index contributed by atoms with van der Waals surface area (Å²) in [5.41, 5.74) is 1.52. The number of halogens is 1. The number of aryl methyl sites for hydroxylation is 1. The van der Waals surface area contributed by atoms with E-state index in [0.29, 0.717) is 17.7 Å². The number of methoxy groups -OCH3 is 1. The third kappa shape index (κ3) is 3.20. The quantitative estimate of drug-likeness (QED) is 0.595. The number of hydrogen-bond acceptors (Lipinski definition) is 3. The Balaban J connectivity index is 3.16. The summed E-state index contributed by atoms with van der Waals surface area (Å²) in [4.78, 5) is 23.6. The molecule has 0 unspecified atom stereocenters. The molecule has 0 aliphatic rings. The first-order valence-corrected chi connectivity index (χ1v) is 5.62. The zero-order chi connectivity index (χ0) is 12.8. The van der Waals surface area contributed by atoms with Crippen molar-refractivity contribution >= 4 is 29.5 Å². The number of benzene rings is 1. The van der Waals surface area contributed by atoms with Gasteiger partial charge in [-0.2, -0.15) is 0 Å². The number of hydrogen-bond donors (Lipinski definition) is 0. The largest absolute Gasteiger partial charge is 0.497 e. The average molecular weight is 256 g/mol. The third-order valence-electron chi connectivity index (χ3n) is 2.38. The fourth-order valence-corrected chi connectivity index (χ4v) is 1.63. The van der Waals surface area contributed by atoms with Crippen LogP contribution in [0.3, 0.4) is 0 Å². The molecule has 0 saturated carbocycles. The Morgan fingerprint density at radius 1 is 1.53 bits per heavy atom. The molecule has 4 nitrogen and oxygen atoms in total. The molecule has 0 saturated heterocycles. The van der Waals surface area contributed by atoms with Gasteiger partial charge in [0.05, 0.1) is 19.3 Å². The molecule has 0 aliphatic heterocycles. The molecule has 17 heavy (non-hydrogen) atoms. The summed E-state index contributed by atoms with van der Waals surface area (Å²) in [5.74, 6) is 0.156. The van der Waals surface area contributed by atoms with Gasteiger partial charge in [-0.05, 0) is 18.6 Å². The molecule has 1 aromatic rings. The van der Waals surface area contributed by atoms with Crippen molar-refractivity contribution in [2.75, 3.05) is 24.4 Å². The maximum Gasteiger partial charge on any atom is 0.242 e. The molecule has 0 bridgehead atoms. The number of amides is 1. The van der Waals surface area contributed by atoms with Crippen LogP contribution in [0.25, 0.3) is 0 Å². The fourth-order valence-electron chi connectivity index (χ4n) is 1.49. The maximum absolute atomic E-state index is 11.6. The van der Waals surface area contributed by atoms with Gasteiger partial charge >= 0.3 is 0 Å². The van der Waals surface area contributed by atoms with Crippen LogP contribution < -0.4 is 9.64 Å². The van der Waals surface area contributed by atoms with E-state index in [4.69, 9.17) is 16.3 Å². The van der Waals surface area contributed by atoms with Gasteiger partial charge in [-0.3, -0.25) is 4.79 Å². The van der Waals surface area contributed by atoms with Crippen molar-refractivity contribution in [1.82, 2.24) is 0 Å². The first-order valence-electron chi connectivity index (χ1n) is 5.08. The minimum absolute atomic E-state index is 0.0143. The summed E-state index contributed by atoms with van der Waals surface area (Å²) in [6, 6.07) is 5.33. The number of ether oxygens (including phenoxy) is 1. The molecule has 0 spiro atoms. The van der Waals surface area contributed by atoms with Crippen LogP contribution >= 0.6 is 11.6 Å². The summed E-state index contributed by atoms with van der Waals surface area (Å²) < 4.78 is 5.09. The van der Waals surface area contributed by atoms with Crippen molar-refractivity contribution < 1.29 is 14.3 Å². The SMILES string of the molecule is COc1ccc(C)c(N(CC=O)C(=O)CCl)c1. The highest BCUT2D eigenvalue weighted by Crippen LogP contribution is 2.25. The second-order valence-corrected chi connectivity index (χ2v) is 3.72. The lowest BCUT2D eigenvalue weighted by Gasteiger charge is -2.21. The van der Waals surface area contributed by atoms with Crippen LogP contribution in [-0.2, 0) is 9.59 Å². The number of nitrogens with zero attached hydrogens (tertiary/aromatic N) is 1. The van der Waals surface area contributed by atoms with Crippen LogP contribution in [-0.4, -0.2) is 31.7 Å². The van der Waals surface area contributed by atoms with Gasteiger partial charge < -0.3 is 14.4 Å². The Morgan fingerprint density at radius 2 is 2.24 bits per heavy atom. The Morgan fingerprint density at radius 3 is 2.76 bits per heavy atom. The summed E-state index contributed by atoms with van der Waals surface area (Å²) in [5, 5.41) is 0. The molecule has 1 rings (SSSR count). The fraction of sp³-hybridized carbons (Fsp3) is 0.333. The zero-order valence-electron chi connectivity index (χ0n) is 9.77. The van der Waals surface area contributed by atoms with Crippen molar-refractivity contribution in [1.29, 1.82) is 0 Å². The van der Waals surface area contributed by atoms with E-state index in [1.54, 1.807) is 19.2 Å². The van der Waals surface area contributed by atoms with E-state index in [-0.39, 0.29) is 18.3 Å². The normalized spacial score (nSPS) is 9.82. The molecule has 0 atom stereocenters. The molecule has 0 N–H and O–H groups in total. The van der Waals surface area contributed by atoms with Gasteiger partial charge in [-0.1, -0.05) is 6.07 Å². The highest BCUT2D eigenvalue weighted by atomic mass is 35.5. The van der Waals surface area contributed by atoms with Gasteiger partial charge in [0, 0.05) is 6.07 Å². The molecule has 0 heterocycles. The van der Waals surface area contributed by atoms with Crippen LogP contribution in [0.2, 0.25) is 0 Å². The second-order valence-electron chi connectivity index (χ2n) is 3.46. The standard InChI is InChI=1S/C12H14ClNO3/c1-9-3-4-10(17-2)7-11(9)14(5-6-15)12(16)8-13/h3-4,6-7H,5,8H2,1-2H3. The molecular formula is C12H14ClNO3. The second kappa shape index (κ2) is 6.25. The third-order valence-corrected chi connectivity index (χ3v) is 2.61. The summed E-state index contributed by atoms with van der Waals surface area (Å²) in [6.45, 7) is 1.84. The lowest BCUT2D eigenvalue weighted by atomic mass is 10.1. The minimum Gasteiger partial charge on any atom is -0.497 e. The van der Waals surface area contributed by atoms with Crippen molar-refractivity contribution in [2.24, 2.45) is 0 Å². The summed E-state index contributed by atoms with van der Waals surface area (Å²) >= 11 is 5.52. The van der Waals surface area contributed by atoms with Crippen LogP contribution in [0.15, 0.2) is 18.2 Å².